The highest BCUT2D eigenvalue weighted by atomic mass is 14.3. The summed E-state index contributed by atoms with van der Waals surface area (Å²) in [4.78, 5) is 0. The summed E-state index contributed by atoms with van der Waals surface area (Å²) in [7, 11) is 0. The van der Waals surface area contributed by atoms with Gasteiger partial charge in [-0.25, -0.2) is 0 Å². The van der Waals surface area contributed by atoms with Crippen molar-refractivity contribution in [3.8, 4) is 0 Å². The lowest BCUT2D eigenvalue weighted by Gasteiger charge is -2.28. The zero-order chi connectivity index (χ0) is 18.5. The molecule has 0 aromatic carbocycles. The molecule has 0 heterocycles. The van der Waals surface area contributed by atoms with Gasteiger partial charge >= 0.3 is 0 Å². The van der Waals surface area contributed by atoms with Crippen molar-refractivity contribution >= 4 is 0 Å². The molecule has 150 valence electrons. The second kappa shape index (κ2) is 13.6. The van der Waals surface area contributed by atoms with E-state index in [1.54, 1.807) is 0 Å². The second-order valence-electron chi connectivity index (χ2n) is 9.32. The first-order valence-corrected chi connectivity index (χ1v) is 12.1. The Morgan fingerprint density at radius 1 is 0.654 bits per heavy atom. The first kappa shape index (κ1) is 21.8. The molecule has 0 nitrogen and oxygen atoms in total. The van der Waals surface area contributed by atoms with Crippen LogP contribution in [0.2, 0.25) is 0 Å². The molecule has 26 heavy (non-hydrogen) atoms. The molecule has 2 aliphatic rings. The molecule has 0 atom stereocenters. The zero-order valence-corrected chi connectivity index (χ0v) is 17.9. The third-order valence-corrected chi connectivity index (χ3v) is 7.20. The van der Waals surface area contributed by atoms with Crippen molar-refractivity contribution in [2.24, 2.45) is 23.7 Å². The predicted octanol–water partition coefficient (Wildman–Crippen LogP) is 8.87. The van der Waals surface area contributed by atoms with Gasteiger partial charge in [0.1, 0.15) is 0 Å². The summed E-state index contributed by atoms with van der Waals surface area (Å²) in [5.74, 6) is 3.99. The monoisotopic (exact) mass is 358 g/mol. The Labute approximate surface area is 164 Å². The van der Waals surface area contributed by atoms with Crippen molar-refractivity contribution in [1.29, 1.82) is 0 Å². The lowest BCUT2D eigenvalue weighted by Crippen LogP contribution is -2.14. The molecule has 0 aliphatic heterocycles. The highest BCUT2D eigenvalue weighted by Gasteiger charge is 2.21. The average Bonchev–Trinajstić information content (AvgIpc) is 2.68. The van der Waals surface area contributed by atoms with Gasteiger partial charge in [-0.1, -0.05) is 82.6 Å². The molecular weight excluding hydrogens is 312 g/mol. The summed E-state index contributed by atoms with van der Waals surface area (Å²) >= 11 is 0. The van der Waals surface area contributed by atoms with Crippen molar-refractivity contribution in [1.82, 2.24) is 0 Å². The minimum absolute atomic E-state index is 0.891. The van der Waals surface area contributed by atoms with E-state index >= 15 is 0 Å². The number of hydrogen-bond acceptors (Lipinski definition) is 0. The smallest absolute Gasteiger partial charge is 0.0233 e. The maximum Gasteiger partial charge on any atom is -0.0233 e. The van der Waals surface area contributed by atoms with E-state index in [9.17, 15) is 0 Å². The molecule has 2 aliphatic carbocycles. The largest absolute Gasteiger partial charge is 0.0917 e. The van der Waals surface area contributed by atoms with E-state index in [2.05, 4.69) is 38.2 Å². The number of rotatable bonds is 11. The van der Waals surface area contributed by atoms with Crippen LogP contribution < -0.4 is 0 Å². The Hall–Kier alpha value is -0.520. The fourth-order valence-electron chi connectivity index (χ4n) is 5.28. The summed E-state index contributed by atoms with van der Waals surface area (Å²) in [6, 6.07) is 0. The van der Waals surface area contributed by atoms with Crippen LogP contribution in [0.15, 0.2) is 24.3 Å². The fraction of sp³-hybridized carbons (Fsp3) is 0.846. The third-order valence-electron chi connectivity index (χ3n) is 7.20. The predicted molar refractivity (Wildman–Crippen MR) is 117 cm³/mol. The molecule has 0 amide bonds. The van der Waals surface area contributed by atoms with Crippen LogP contribution in [0.25, 0.3) is 0 Å². The van der Waals surface area contributed by atoms with Gasteiger partial charge in [0, 0.05) is 0 Å². The van der Waals surface area contributed by atoms with Gasteiger partial charge in [0.15, 0.2) is 0 Å². The van der Waals surface area contributed by atoms with Crippen LogP contribution in [0.3, 0.4) is 0 Å². The maximum atomic E-state index is 2.58. The summed E-state index contributed by atoms with van der Waals surface area (Å²) < 4.78 is 0. The number of hydrogen-bond donors (Lipinski definition) is 0. The van der Waals surface area contributed by atoms with Crippen molar-refractivity contribution in [3.05, 3.63) is 24.3 Å². The van der Waals surface area contributed by atoms with Crippen LogP contribution >= 0.6 is 0 Å². The molecule has 0 saturated heterocycles. The van der Waals surface area contributed by atoms with Gasteiger partial charge in [-0.15, -0.1) is 0 Å². The molecule has 0 aromatic heterocycles. The van der Waals surface area contributed by atoms with Crippen molar-refractivity contribution in [3.63, 3.8) is 0 Å². The third kappa shape index (κ3) is 8.92. The molecule has 0 bridgehead atoms. The highest BCUT2D eigenvalue weighted by Crippen LogP contribution is 2.35. The lowest BCUT2D eigenvalue weighted by atomic mass is 9.78. The standard InChI is InChI=1S/C26H46/c1-3-5-7-11-23-15-19-25(20-16-23)13-9-10-14-26-21-17-24(18-22-26)12-8-6-4-2/h3,5,9,13,23-26H,4,6-8,10-12,14-22H2,1-2H3/b5-3+,13-9+. The average molecular weight is 359 g/mol. The Bertz CT molecular complexity index is 375. The van der Waals surface area contributed by atoms with Gasteiger partial charge < -0.3 is 0 Å². The Morgan fingerprint density at radius 3 is 1.77 bits per heavy atom. The van der Waals surface area contributed by atoms with E-state index in [1.807, 2.05) is 0 Å². The normalized spacial score (nSPS) is 30.4. The Morgan fingerprint density at radius 2 is 1.19 bits per heavy atom. The zero-order valence-electron chi connectivity index (χ0n) is 17.9. The molecule has 0 N–H and O–H groups in total. The van der Waals surface area contributed by atoms with Crippen LogP contribution in [0, 0.1) is 23.7 Å². The van der Waals surface area contributed by atoms with Crippen LogP contribution in [0.5, 0.6) is 0 Å². The summed E-state index contributed by atoms with van der Waals surface area (Å²) in [5.41, 5.74) is 0. The van der Waals surface area contributed by atoms with Crippen molar-refractivity contribution in [2.45, 2.75) is 117 Å². The van der Waals surface area contributed by atoms with E-state index in [-0.39, 0.29) is 0 Å². The summed E-state index contributed by atoms with van der Waals surface area (Å²) in [6.07, 6.45) is 32.9. The topological polar surface area (TPSA) is 0 Å². The van der Waals surface area contributed by atoms with Crippen LogP contribution in [0.1, 0.15) is 117 Å². The minimum Gasteiger partial charge on any atom is -0.0917 e. The summed E-state index contributed by atoms with van der Waals surface area (Å²) in [6.45, 7) is 4.46. The van der Waals surface area contributed by atoms with Gasteiger partial charge in [0.2, 0.25) is 0 Å². The number of unbranched alkanes of at least 4 members (excludes halogenated alkanes) is 2. The SMILES string of the molecule is C/C=C/CCC1CCC(/C=C/CCC2CCC(CCCCC)CC2)CC1. The van der Waals surface area contributed by atoms with Gasteiger partial charge in [-0.05, 0) is 82.0 Å². The molecule has 0 radical (unpaired) electrons. The van der Waals surface area contributed by atoms with Crippen LogP contribution in [0.4, 0.5) is 0 Å². The van der Waals surface area contributed by atoms with Gasteiger partial charge in [0.05, 0.1) is 0 Å². The molecule has 2 rings (SSSR count). The summed E-state index contributed by atoms with van der Waals surface area (Å²) in [5, 5.41) is 0. The van der Waals surface area contributed by atoms with E-state index < -0.39 is 0 Å². The van der Waals surface area contributed by atoms with E-state index in [4.69, 9.17) is 0 Å². The van der Waals surface area contributed by atoms with E-state index in [1.165, 1.54) is 103 Å². The molecular formula is C26H46. The Kier molecular flexibility index (Phi) is 11.4. The molecule has 0 aromatic rings. The molecule has 0 heteroatoms. The van der Waals surface area contributed by atoms with Crippen molar-refractivity contribution < 1.29 is 0 Å². The maximum absolute atomic E-state index is 2.58. The molecule has 2 fully saturated rings. The molecule has 0 spiro atoms. The quantitative estimate of drug-likeness (QED) is 0.255. The van der Waals surface area contributed by atoms with Gasteiger partial charge in [0.25, 0.3) is 0 Å². The van der Waals surface area contributed by atoms with Crippen molar-refractivity contribution in [2.75, 3.05) is 0 Å². The highest BCUT2D eigenvalue weighted by molar-refractivity contribution is 4.92. The van der Waals surface area contributed by atoms with E-state index in [0.717, 1.165) is 23.7 Å². The van der Waals surface area contributed by atoms with E-state index in [0.29, 0.717) is 0 Å². The number of allylic oxidation sites excluding steroid dienone is 4. The fourth-order valence-corrected chi connectivity index (χ4v) is 5.28. The first-order chi connectivity index (χ1) is 12.8. The van der Waals surface area contributed by atoms with Gasteiger partial charge in [-0.3, -0.25) is 0 Å². The van der Waals surface area contributed by atoms with Crippen LogP contribution in [-0.4, -0.2) is 0 Å². The van der Waals surface area contributed by atoms with Crippen LogP contribution in [-0.2, 0) is 0 Å². The second-order valence-corrected chi connectivity index (χ2v) is 9.32. The molecule has 2 saturated carbocycles. The first-order valence-electron chi connectivity index (χ1n) is 12.1. The molecule has 0 unspecified atom stereocenters. The van der Waals surface area contributed by atoms with Gasteiger partial charge in [-0.2, -0.15) is 0 Å². The minimum atomic E-state index is 0.891. The Balaban J connectivity index is 1.50. The lowest BCUT2D eigenvalue weighted by molar-refractivity contribution is 0.249.